The molecule has 37 heavy (non-hydrogen) atoms. The number of hydrogen-bond donors (Lipinski definition) is 3. The fourth-order valence-corrected chi connectivity index (χ4v) is 6.02. The number of benzene rings is 3. The predicted octanol–water partition coefficient (Wildman–Crippen LogP) is 5.76. The van der Waals surface area contributed by atoms with Crippen LogP contribution >= 0.6 is 11.3 Å². The number of aromatic amines is 1. The number of carbonyl (C=O) groups is 1. The van der Waals surface area contributed by atoms with Crippen molar-refractivity contribution in [2.75, 3.05) is 0 Å². The minimum atomic E-state index is -1.30. The molecule has 0 saturated heterocycles. The molecule has 1 aliphatic carbocycles. The lowest BCUT2D eigenvalue weighted by Crippen LogP contribution is -2.47. The molecule has 2 heterocycles. The monoisotopic (exact) mass is 518 g/mol. The number of amides is 1. The molecule has 6 nitrogen and oxygen atoms in total. The van der Waals surface area contributed by atoms with E-state index in [-0.39, 0.29) is 30.4 Å². The number of rotatable bonds is 5. The van der Waals surface area contributed by atoms with Gasteiger partial charge in [0.1, 0.15) is 11.6 Å². The number of hydrogen-bond acceptors (Lipinski definition) is 5. The van der Waals surface area contributed by atoms with E-state index in [0.717, 1.165) is 32.4 Å². The van der Waals surface area contributed by atoms with E-state index in [1.807, 2.05) is 30.3 Å². The van der Waals surface area contributed by atoms with Crippen LogP contribution in [0.2, 0.25) is 0 Å². The van der Waals surface area contributed by atoms with E-state index in [9.17, 15) is 18.7 Å². The molecule has 9 heteroatoms. The third-order valence-corrected chi connectivity index (χ3v) is 7.95. The number of halogens is 2. The summed E-state index contributed by atoms with van der Waals surface area (Å²) in [5.74, 6) is -1.60. The van der Waals surface area contributed by atoms with Crippen molar-refractivity contribution < 1.29 is 18.7 Å². The van der Waals surface area contributed by atoms with Gasteiger partial charge in [-0.3, -0.25) is 9.89 Å². The van der Waals surface area contributed by atoms with Gasteiger partial charge in [-0.15, -0.1) is 11.3 Å². The van der Waals surface area contributed by atoms with Gasteiger partial charge in [-0.25, -0.2) is 13.8 Å². The lowest BCUT2D eigenvalue weighted by molar-refractivity contribution is -0.00754. The second kappa shape index (κ2) is 9.32. The second-order valence-electron chi connectivity index (χ2n) is 9.74. The van der Waals surface area contributed by atoms with E-state index in [1.165, 1.54) is 18.2 Å². The summed E-state index contributed by atoms with van der Waals surface area (Å²) in [6.07, 6.45) is 1.83. The van der Waals surface area contributed by atoms with Crippen molar-refractivity contribution in [2.24, 2.45) is 0 Å². The molecule has 1 aliphatic rings. The predicted molar refractivity (Wildman–Crippen MR) is 139 cm³/mol. The van der Waals surface area contributed by atoms with E-state index in [1.54, 1.807) is 22.9 Å². The highest BCUT2D eigenvalue weighted by molar-refractivity contribution is 7.16. The number of nitrogens with zero attached hydrogens (tertiary/aromatic N) is 2. The lowest BCUT2D eigenvalue weighted by Gasteiger charge is -2.37. The van der Waals surface area contributed by atoms with Gasteiger partial charge >= 0.3 is 0 Å². The molecule has 0 aliphatic heterocycles. The minimum Gasteiger partial charge on any atom is -0.389 e. The van der Waals surface area contributed by atoms with Crippen LogP contribution in [0, 0.1) is 11.6 Å². The lowest BCUT2D eigenvalue weighted by atomic mass is 9.78. The molecule has 2 atom stereocenters. The van der Waals surface area contributed by atoms with E-state index >= 15 is 0 Å². The largest absolute Gasteiger partial charge is 0.389 e. The van der Waals surface area contributed by atoms with Crippen molar-refractivity contribution in [1.29, 1.82) is 0 Å². The third-order valence-electron chi connectivity index (χ3n) is 7.15. The molecule has 2 aromatic heterocycles. The molecule has 5 aromatic rings. The van der Waals surface area contributed by atoms with E-state index in [0.29, 0.717) is 24.8 Å². The Morgan fingerprint density at radius 1 is 1.16 bits per heavy atom. The van der Waals surface area contributed by atoms with Crippen LogP contribution in [0.25, 0.3) is 32.4 Å². The van der Waals surface area contributed by atoms with Crippen molar-refractivity contribution in [1.82, 2.24) is 20.5 Å². The number of fused-ring (bicyclic) bond motifs is 2. The summed E-state index contributed by atoms with van der Waals surface area (Å²) in [6.45, 7) is 0. The fourth-order valence-electron chi connectivity index (χ4n) is 5.30. The number of aliphatic hydroxyl groups is 1. The van der Waals surface area contributed by atoms with Crippen LogP contribution < -0.4 is 5.32 Å². The van der Waals surface area contributed by atoms with E-state index in [4.69, 9.17) is 0 Å². The summed E-state index contributed by atoms with van der Waals surface area (Å²) in [7, 11) is 0. The molecule has 0 spiro atoms. The maximum Gasteiger partial charge on any atom is 0.251 e. The molecule has 188 valence electrons. The van der Waals surface area contributed by atoms with Gasteiger partial charge in [0.05, 0.1) is 32.5 Å². The van der Waals surface area contributed by atoms with Crippen molar-refractivity contribution in [3.8, 4) is 11.3 Å². The van der Waals surface area contributed by atoms with Crippen molar-refractivity contribution in [3.05, 3.63) is 82.9 Å². The van der Waals surface area contributed by atoms with Crippen molar-refractivity contribution in [2.45, 2.75) is 43.7 Å². The molecule has 1 saturated carbocycles. The van der Waals surface area contributed by atoms with Gasteiger partial charge in [-0.05, 0) is 68.1 Å². The Hall–Kier alpha value is -3.69. The standard InChI is InChI=1S/C28H24F2N4O2S/c29-21-4-1-5-22(30)20(21)14-28(36)10-2-3-18(13-28)32-27(35)17-7-8-23-19(11-17)26(34-33-23)16-6-9-24-25(12-16)37-15-31-24/h1,4-9,11-12,15,18,36H,2-3,10,13-14H2,(H,32,35)(H,33,34)/t18-,28+/m1/s1. The van der Waals surface area contributed by atoms with Crippen LogP contribution in [0.3, 0.4) is 0 Å². The molecule has 1 fully saturated rings. The SMILES string of the molecule is O=C(N[C@@H]1CCC[C@@](O)(Cc2c(F)cccc2F)C1)c1ccc2[nH]nc(-c3ccc4ncsc4c3)c2c1. The summed E-state index contributed by atoms with van der Waals surface area (Å²) in [5.41, 5.74) is 4.29. The first-order valence-corrected chi connectivity index (χ1v) is 13.0. The molecule has 3 N–H and O–H groups in total. The highest BCUT2D eigenvalue weighted by Crippen LogP contribution is 2.34. The highest BCUT2D eigenvalue weighted by atomic mass is 32.1. The first-order valence-electron chi connectivity index (χ1n) is 12.2. The first kappa shape index (κ1) is 23.7. The van der Waals surface area contributed by atoms with Gasteiger partial charge in [-0.2, -0.15) is 5.10 Å². The number of carbonyl (C=O) groups excluding carboxylic acids is 1. The molecule has 3 aromatic carbocycles. The molecule has 1 amide bonds. The number of aromatic nitrogens is 3. The molecule has 0 bridgehead atoms. The van der Waals surface area contributed by atoms with E-state index < -0.39 is 17.2 Å². The molecule has 6 rings (SSSR count). The average Bonchev–Trinajstić information content (AvgIpc) is 3.52. The van der Waals surface area contributed by atoms with Crippen molar-refractivity contribution in [3.63, 3.8) is 0 Å². The van der Waals surface area contributed by atoms with Gasteiger partial charge in [0.25, 0.3) is 5.91 Å². The number of H-pyrrole nitrogens is 1. The Bertz CT molecular complexity index is 1610. The maximum absolute atomic E-state index is 14.2. The summed E-state index contributed by atoms with van der Waals surface area (Å²) in [5, 5.41) is 22.5. The zero-order valence-corrected chi connectivity index (χ0v) is 20.6. The summed E-state index contributed by atoms with van der Waals surface area (Å²) in [6, 6.07) is 14.7. The summed E-state index contributed by atoms with van der Waals surface area (Å²) in [4.78, 5) is 17.5. The van der Waals surface area contributed by atoms with Crippen LogP contribution in [-0.4, -0.2) is 37.8 Å². The zero-order chi connectivity index (χ0) is 25.6. The Labute approximate surface area is 215 Å². The normalized spacial score (nSPS) is 19.9. The first-order chi connectivity index (χ1) is 17.9. The minimum absolute atomic E-state index is 0.119. The van der Waals surface area contributed by atoms with E-state index in [2.05, 4.69) is 20.5 Å². The Kier molecular flexibility index (Phi) is 5.97. The van der Waals surface area contributed by atoms with Crippen LogP contribution in [0.1, 0.15) is 41.6 Å². The Morgan fingerprint density at radius 3 is 2.84 bits per heavy atom. The summed E-state index contributed by atoms with van der Waals surface area (Å²) < 4.78 is 29.4. The molecular formula is C28H24F2N4O2S. The van der Waals surface area contributed by atoms with Crippen molar-refractivity contribution >= 4 is 38.4 Å². The maximum atomic E-state index is 14.2. The topological polar surface area (TPSA) is 90.9 Å². The number of thiazole rings is 1. The smallest absolute Gasteiger partial charge is 0.251 e. The zero-order valence-electron chi connectivity index (χ0n) is 19.8. The van der Waals surface area contributed by atoms with Gasteiger partial charge in [0, 0.05) is 34.5 Å². The third kappa shape index (κ3) is 4.60. The Morgan fingerprint density at radius 2 is 2.00 bits per heavy atom. The van der Waals surface area contributed by atoms with Crippen LogP contribution in [0.15, 0.2) is 60.1 Å². The fraction of sp³-hybridized carbons (Fsp3) is 0.250. The van der Waals surface area contributed by atoms with Gasteiger partial charge < -0.3 is 10.4 Å². The second-order valence-corrected chi connectivity index (χ2v) is 10.6. The van der Waals surface area contributed by atoms with Crippen LogP contribution in [0.4, 0.5) is 8.78 Å². The summed E-state index contributed by atoms with van der Waals surface area (Å²) >= 11 is 1.56. The van der Waals surface area contributed by atoms with Gasteiger partial charge in [0.15, 0.2) is 0 Å². The molecule has 0 unspecified atom stereocenters. The molecule has 0 radical (unpaired) electrons. The van der Waals surface area contributed by atoms with Crippen LogP contribution in [0.5, 0.6) is 0 Å². The quantitative estimate of drug-likeness (QED) is 0.276. The Balaban J connectivity index is 1.21. The number of nitrogens with one attached hydrogen (secondary N) is 2. The van der Waals surface area contributed by atoms with Gasteiger partial charge in [-0.1, -0.05) is 12.1 Å². The van der Waals surface area contributed by atoms with Gasteiger partial charge in [0.2, 0.25) is 0 Å². The molecular weight excluding hydrogens is 494 g/mol. The average molecular weight is 519 g/mol. The highest BCUT2D eigenvalue weighted by Gasteiger charge is 2.36. The van der Waals surface area contributed by atoms with Crippen LogP contribution in [-0.2, 0) is 6.42 Å².